The van der Waals surface area contributed by atoms with Gasteiger partial charge in [-0.05, 0) is 37.1 Å². The highest BCUT2D eigenvalue weighted by Crippen LogP contribution is 2.30. The number of carbonyl (C=O) groups excluding carboxylic acids is 1. The van der Waals surface area contributed by atoms with Crippen LogP contribution in [-0.2, 0) is 14.8 Å². The van der Waals surface area contributed by atoms with E-state index in [1.807, 2.05) is 17.0 Å². The van der Waals surface area contributed by atoms with Crippen LogP contribution >= 0.6 is 0 Å². The van der Waals surface area contributed by atoms with Crippen LogP contribution in [0.5, 0.6) is 0 Å². The lowest BCUT2D eigenvalue weighted by Crippen LogP contribution is -2.32. The van der Waals surface area contributed by atoms with Crippen LogP contribution in [0.3, 0.4) is 0 Å². The Morgan fingerprint density at radius 1 is 1.30 bits per heavy atom. The first-order chi connectivity index (χ1) is 9.34. The molecule has 1 unspecified atom stereocenters. The summed E-state index contributed by atoms with van der Waals surface area (Å²) in [6.07, 6.45) is 3.57. The zero-order valence-corrected chi connectivity index (χ0v) is 12.9. The first-order valence-corrected chi connectivity index (χ1v) is 8.55. The van der Waals surface area contributed by atoms with Gasteiger partial charge in [-0.25, -0.2) is 8.42 Å². The van der Waals surface area contributed by atoms with Gasteiger partial charge < -0.3 is 4.90 Å². The van der Waals surface area contributed by atoms with Crippen LogP contribution in [0.4, 0.5) is 11.4 Å². The summed E-state index contributed by atoms with van der Waals surface area (Å²) in [7, 11) is -1.75. The third kappa shape index (κ3) is 2.80. The average Bonchev–Trinajstić information content (AvgIpc) is 2.78. The molecule has 20 heavy (non-hydrogen) atoms. The van der Waals surface area contributed by atoms with E-state index in [4.69, 9.17) is 0 Å². The molecule has 0 aromatic heterocycles. The summed E-state index contributed by atoms with van der Waals surface area (Å²) in [6, 6.07) is 7.33. The Hall–Kier alpha value is -1.56. The molecular weight excluding hydrogens is 276 g/mol. The molecule has 110 valence electrons. The van der Waals surface area contributed by atoms with Crippen LogP contribution in [0, 0.1) is 0 Å². The minimum atomic E-state index is -3.26. The topological polar surface area (TPSA) is 57.7 Å². The third-order valence-corrected chi connectivity index (χ3v) is 4.99. The molecule has 0 spiro atoms. The highest BCUT2D eigenvalue weighted by atomic mass is 32.2. The van der Waals surface area contributed by atoms with Crippen LogP contribution in [0.2, 0.25) is 0 Å². The van der Waals surface area contributed by atoms with Gasteiger partial charge in [-0.1, -0.05) is 6.92 Å². The van der Waals surface area contributed by atoms with Crippen molar-refractivity contribution in [1.29, 1.82) is 0 Å². The number of amides is 1. The molecule has 1 saturated heterocycles. The molecule has 0 bridgehead atoms. The lowest BCUT2D eigenvalue weighted by atomic mass is 10.1. The number of hydrogen-bond donors (Lipinski definition) is 0. The SMILES string of the molecule is CCC1CCC(=O)N1c1ccc(N(C)S(C)(=O)=O)cc1. The standard InChI is InChI=1S/C14H20N2O3S/c1-4-11-9-10-14(17)16(11)13-7-5-12(6-8-13)15(2)20(3,18)19/h5-8,11H,4,9-10H2,1-3H3. The van der Waals surface area contributed by atoms with Crippen LogP contribution in [-0.4, -0.2) is 33.7 Å². The first kappa shape index (κ1) is 14.8. The van der Waals surface area contributed by atoms with Gasteiger partial charge in [0.1, 0.15) is 0 Å². The maximum Gasteiger partial charge on any atom is 0.231 e. The molecule has 1 aliphatic rings. The van der Waals surface area contributed by atoms with E-state index in [1.54, 1.807) is 12.1 Å². The van der Waals surface area contributed by atoms with Crippen LogP contribution in [0.1, 0.15) is 26.2 Å². The second kappa shape index (κ2) is 5.44. The van der Waals surface area contributed by atoms with Crippen molar-refractivity contribution in [3.05, 3.63) is 24.3 Å². The van der Waals surface area contributed by atoms with E-state index in [0.29, 0.717) is 12.1 Å². The summed E-state index contributed by atoms with van der Waals surface area (Å²) in [5.74, 6) is 0.140. The van der Waals surface area contributed by atoms with E-state index in [9.17, 15) is 13.2 Å². The summed E-state index contributed by atoms with van der Waals surface area (Å²) < 4.78 is 24.2. The van der Waals surface area contributed by atoms with Gasteiger partial charge in [0.25, 0.3) is 0 Å². The fraction of sp³-hybridized carbons (Fsp3) is 0.500. The maximum atomic E-state index is 11.9. The molecule has 6 heteroatoms. The largest absolute Gasteiger partial charge is 0.309 e. The Bertz CT molecular complexity index is 595. The molecule has 0 aliphatic carbocycles. The predicted octanol–water partition coefficient (Wildman–Crippen LogP) is 1.99. The van der Waals surface area contributed by atoms with Crippen molar-refractivity contribution in [2.75, 3.05) is 22.5 Å². The Labute approximate surface area is 120 Å². The second-order valence-corrected chi connectivity index (χ2v) is 7.13. The molecule has 0 radical (unpaired) electrons. The van der Waals surface area contributed by atoms with E-state index in [-0.39, 0.29) is 11.9 Å². The second-order valence-electron chi connectivity index (χ2n) is 5.11. The Morgan fingerprint density at radius 2 is 1.90 bits per heavy atom. The molecule has 1 aromatic rings. The van der Waals surface area contributed by atoms with Crippen molar-refractivity contribution in [3.63, 3.8) is 0 Å². The van der Waals surface area contributed by atoms with Gasteiger partial charge in [-0.15, -0.1) is 0 Å². The van der Waals surface area contributed by atoms with Crippen molar-refractivity contribution >= 4 is 27.3 Å². The minimum absolute atomic E-state index is 0.140. The van der Waals surface area contributed by atoms with Crippen LogP contribution in [0.15, 0.2) is 24.3 Å². The number of sulfonamides is 1. The highest BCUT2D eigenvalue weighted by molar-refractivity contribution is 7.92. The summed E-state index contributed by atoms with van der Waals surface area (Å²) in [5.41, 5.74) is 1.43. The van der Waals surface area contributed by atoms with E-state index in [1.165, 1.54) is 11.4 Å². The van der Waals surface area contributed by atoms with E-state index in [2.05, 4.69) is 6.92 Å². The predicted molar refractivity (Wildman–Crippen MR) is 80.5 cm³/mol. The van der Waals surface area contributed by atoms with Gasteiger partial charge in [0.2, 0.25) is 15.9 Å². The first-order valence-electron chi connectivity index (χ1n) is 6.70. The van der Waals surface area contributed by atoms with Crippen LogP contribution in [0.25, 0.3) is 0 Å². The summed E-state index contributed by atoms with van der Waals surface area (Å²) in [5, 5.41) is 0. The van der Waals surface area contributed by atoms with Gasteiger partial charge in [-0.3, -0.25) is 9.10 Å². The molecule has 1 aliphatic heterocycles. The Kier molecular flexibility index (Phi) is 4.04. The Balaban J connectivity index is 2.26. The fourth-order valence-corrected chi connectivity index (χ4v) is 3.00. The van der Waals surface area contributed by atoms with E-state index in [0.717, 1.165) is 24.8 Å². The molecular formula is C14H20N2O3S. The molecule has 0 N–H and O–H groups in total. The normalized spacial score (nSPS) is 19.4. The zero-order valence-electron chi connectivity index (χ0n) is 12.0. The van der Waals surface area contributed by atoms with Gasteiger partial charge in [0.15, 0.2) is 0 Å². The smallest absolute Gasteiger partial charge is 0.231 e. The maximum absolute atomic E-state index is 11.9. The number of hydrogen-bond acceptors (Lipinski definition) is 3. The lowest BCUT2D eigenvalue weighted by molar-refractivity contribution is -0.117. The lowest BCUT2D eigenvalue weighted by Gasteiger charge is -2.25. The number of rotatable bonds is 4. The highest BCUT2D eigenvalue weighted by Gasteiger charge is 2.30. The summed E-state index contributed by atoms with van der Waals surface area (Å²) in [4.78, 5) is 13.8. The minimum Gasteiger partial charge on any atom is -0.309 e. The van der Waals surface area contributed by atoms with Crippen molar-refractivity contribution in [2.24, 2.45) is 0 Å². The molecule has 0 saturated carbocycles. The third-order valence-electron chi connectivity index (χ3n) is 3.79. The number of anilines is 2. The van der Waals surface area contributed by atoms with Crippen molar-refractivity contribution in [2.45, 2.75) is 32.2 Å². The quantitative estimate of drug-likeness (QED) is 0.853. The van der Waals surface area contributed by atoms with Crippen molar-refractivity contribution in [1.82, 2.24) is 0 Å². The van der Waals surface area contributed by atoms with Gasteiger partial charge in [0.05, 0.1) is 11.9 Å². The van der Waals surface area contributed by atoms with E-state index >= 15 is 0 Å². The summed E-state index contributed by atoms with van der Waals surface area (Å²) in [6.45, 7) is 2.07. The Morgan fingerprint density at radius 3 is 2.40 bits per heavy atom. The molecule has 1 fully saturated rings. The van der Waals surface area contributed by atoms with Crippen molar-refractivity contribution < 1.29 is 13.2 Å². The van der Waals surface area contributed by atoms with Crippen LogP contribution < -0.4 is 9.21 Å². The molecule has 1 aromatic carbocycles. The zero-order chi connectivity index (χ0) is 14.9. The summed E-state index contributed by atoms with van der Waals surface area (Å²) >= 11 is 0. The molecule has 2 rings (SSSR count). The number of carbonyl (C=O) groups is 1. The van der Waals surface area contributed by atoms with E-state index < -0.39 is 10.0 Å². The monoisotopic (exact) mass is 296 g/mol. The molecule has 1 amide bonds. The van der Waals surface area contributed by atoms with Gasteiger partial charge in [-0.2, -0.15) is 0 Å². The number of benzene rings is 1. The molecule has 1 atom stereocenters. The van der Waals surface area contributed by atoms with Gasteiger partial charge >= 0.3 is 0 Å². The van der Waals surface area contributed by atoms with Gasteiger partial charge in [0, 0.05) is 25.2 Å². The number of nitrogens with zero attached hydrogens (tertiary/aromatic N) is 2. The fourth-order valence-electron chi connectivity index (χ4n) is 2.50. The van der Waals surface area contributed by atoms with Crippen molar-refractivity contribution in [3.8, 4) is 0 Å². The average molecular weight is 296 g/mol. The molecule has 5 nitrogen and oxygen atoms in total. The molecule has 1 heterocycles.